The molecule has 0 saturated heterocycles. The molecule has 2 aromatic heterocycles. The van der Waals surface area contributed by atoms with Crippen LogP contribution >= 0.6 is 0 Å². The summed E-state index contributed by atoms with van der Waals surface area (Å²) in [6.45, 7) is 2.20. The molecule has 0 amide bonds. The number of unbranched alkanes of at least 4 members (excludes halogenated alkanes) is 1. The van der Waals surface area contributed by atoms with Crippen LogP contribution < -0.4 is 0 Å². The highest BCUT2D eigenvalue weighted by Gasteiger charge is 1.98. The van der Waals surface area contributed by atoms with Gasteiger partial charge < -0.3 is 0 Å². The van der Waals surface area contributed by atoms with Crippen LogP contribution in [0.4, 0.5) is 0 Å². The van der Waals surface area contributed by atoms with Gasteiger partial charge in [0.25, 0.3) is 0 Å². The zero-order valence-corrected chi connectivity index (χ0v) is 7.90. The number of aryl methyl sites for hydroxylation is 1. The monoisotopic (exact) mass is 174 g/mol. The van der Waals surface area contributed by atoms with E-state index >= 15 is 0 Å². The predicted octanol–water partition coefficient (Wildman–Crippen LogP) is 2.68. The molecule has 0 aromatic carbocycles. The number of hydrogen-bond donors (Lipinski definition) is 0. The van der Waals surface area contributed by atoms with E-state index in [1.54, 1.807) is 0 Å². The molecule has 0 unspecified atom stereocenters. The molecular formula is C11H14N2. The first-order valence-corrected chi connectivity index (χ1v) is 4.83. The number of rotatable bonds is 3. The second kappa shape index (κ2) is 3.60. The normalized spacial score (nSPS) is 10.8. The van der Waals surface area contributed by atoms with Gasteiger partial charge in [-0.15, -0.1) is 0 Å². The molecule has 0 atom stereocenters. The van der Waals surface area contributed by atoms with Crippen LogP contribution in [-0.4, -0.2) is 9.61 Å². The van der Waals surface area contributed by atoms with Gasteiger partial charge in [0.2, 0.25) is 0 Å². The quantitative estimate of drug-likeness (QED) is 0.699. The van der Waals surface area contributed by atoms with Gasteiger partial charge in [0.05, 0.1) is 11.2 Å². The molecule has 0 aliphatic rings. The number of pyridine rings is 1. The minimum absolute atomic E-state index is 1.10. The van der Waals surface area contributed by atoms with Crippen LogP contribution in [0.1, 0.15) is 25.5 Å². The van der Waals surface area contributed by atoms with Crippen LogP contribution in [0.5, 0.6) is 0 Å². The molecule has 13 heavy (non-hydrogen) atoms. The first-order valence-electron chi connectivity index (χ1n) is 4.83. The van der Waals surface area contributed by atoms with Crippen molar-refractivity contribution in [2.24, 2.45) is 0 Å². The Balaban J connectivity index is 2.28. The van der Waals surface area contributed by atoms with E-state index in [1.807, 2.05) is 22.8 Å². The molecule has 0 aliphatic heterocycles. The van der Waals surface area contributed by atoms with Crippen molar-refractivity contribution >= 4 is 5.52 Å². The molecule has 2 aromatic rings. The number of hydrogen-bond acceptors (Lipinski definition) is 1. The Morgan fingerprint density at radius 1 is 1.38 bits per heavy atom. The maximum absolute atomic E-state index is 4.47. The molecule has 0 bridgehead atoms. The maximum atomic E-state index is 4.47. The van der Waals surface area contributed by atoms with Gasteiger partial charge in [-0.2, -0.15) is 5.10 Å². The Morgan fingerprint density at radius 3 is 3.08 bits per heavy atom. The molecule has 0 spiro atoms. The fourth-order valence-corrected chi connectivity index (χ4v) is 1.47. The van der Waals surface area contributed by atoms with Crippen molar-refractivity contribution in [2.45, 2.75) is 26.2 Å². The van der Waals surface area contributed by atoms with Gasteiger partial charge in [0.15, 0.2) is 0 Å². The minimum atomic E-state index is 1.10. The summed E-state index contributed by atoms with van der Waals surface area (Å²) in [6.07, 6.45) is 5.54. The molecule has 2 nitrogen and oxygen atoms in total. The fourth-order valence-electron chi connectivity index (χ4n) is 1.47. The van der Waals surface area contributed by atoms with Gasteiger partial charge in [0.1, 0.15) is 0 Å². The van der Waals surface area contributed by atoms with E-state index in [9.17, 15) is 0 Å². The summed E-state index contributed by atoms with van der Waals surface area (Å²) < 4.78 is 1.94. The number of fused-ring (bicyclic) bond motifs is 1. The molecule has 2 heteroatoms. The Bertz CT molecular complexity index is 357. The van der Waals surface area contributed by atoms with E-state index in [2.05, 4.69) is 24.2 Å². The summed E-state index contributed by atoms with van der Waals surface area (Å²) in [7, 11) is 0. The van der Waals surface area contributed by atoms with Crippen LogP contribution in [0, 0.1) is 0 Å². The molecule has 0 radical (unpaired) electrons. The Labute approximate surface area is 78.2 Å². The Hall–Kier alpha value is -1.31. The van der Waals surface area contributed by atoms with Crippen LogP contribution in [0.15, 0.2) is 30.5 Å². The lowest BCUT2D eigenvalue weighted by molar-refractivity contribution is 0.762. The highest BCUT2D eigenvalue weighted by atomic mass is 15.2. The summed E-state index contributed by atoms with van der Waals surface area (Å²) in [4.78, 5) is 0. The molecule has 2 rings (SSSR count). The molecule has 0 saturated carbocycles. The molecule has 68 valence electrons. The molecule has 2 heterocycles. The van der Waals surface area contributed by atoms with Crippen LogP contribution in [0.25, 0.3) is 5.52 Å². The van der Waals surface area contributed by atoms with E-state index < -0.39 is 0 Å². The molecular weight excluding hydrogens is 160 g/mol. The van der Waals surface area contributed by atoms with E-state index in [-0.39, 0.29) is 0 Å². The largest absolute Gasteiger partial charge is 0.241 e. The maximum Gasteiger partial charge on any atom is 0.0664 e. The summed E-state index contributed by atoms with van der Waals surface area (Å²) in [5.74, 6) is 0. The van der Waals surface area contributed by atoms with Gasteiger partial charge in [0, 0.05) is 6.20 Å². The van der Waals surface area contributed by atoms with Gasteiger partial charge in [-0.3, -0.25) is 0 Å². The van der Waals surface area contributed by atoms with E-state index in [1.165, 1.54) is 24.1 Å². The number of aromatic nitrogens is 2. The summed E-state index contributed by atoms with van der Waals surface area (Å²) in [5, 5.41) is 4.47. The summed E-state index contributed by atoms with van der Waals surface area (Å²) >= 11 is 0. The van der Waals surface area contributed by atoms with E-state index in [4.69, 9.17) is 0 Å². The van der Waals surface area contributed by atoms with Crippen LogP contribution in [0.3, 0.4) is 0 Å². The first-order chi connectivity index (χ1) is 6.40. The smallest absolute Gasteiger partial charge is 0.0664 e. The average Bonchev–Trinajstić information content (AvgIpc) is 2.57. The Morgan fingerprint density at radius 2 is 2.31 bits per heavy atom. The standard InChI is InChI=1S/C11H14N2/c1-2-3-6-10-9-11-7-4-5-8-13(11)12-10/h4-5,7-9H,2-3,6H2,1H3. The summed E-state index contributed by atoms with van der Waals surface area (Å²) in [5.41, 5.74) is 2.39. The minimum Gasteiger partial charge on any atom is -0.241 e. The van der Waals surface area contributed by atoms with Gasteiger partial charge in [-0.1, -0.05) is 19.4 Å². The van der Waals surface area contributed by atoms with Gasteiger partial charge in [-0.25, -0.2) is 4.52 Å². The predicted molar refractivity (Wildman–Crippen MR) is 53.8 cm³/mol. The first kappa shape index (κ1) is 8.30. The number of nitrogens with zero attached hydrogens (tertiary/aromatic N) is 2. The van der Waals surface area contributed by atoms with Crippen LogP contribution in [0.2, 0.25) is 0 Å². The third-order valence-corrected chi connectivity index (χ3v) is 2.21. The summed E-state index contributed by atoms with van der Waals surface area (Å²) in [6, 6.07) is 8.29. The van der Waals surface area contributed by atoms with Crippen LogP contribution in [-0.2, 0) is 6.42 Å². The topological polar surface area (TPSA) is 17.3 Å². The molecule has 0 N–H and O–H groups in total. The van der Waals surface area contributed by atoms with Crippen molar-refractivity contribution in [1.82, 2.24) is 9.61 Å². The van der Waals surface area contributed by atoms with Gasteiger partial charge >= 0.3 is 0 Å². The lowest BCUT2D eigenvalue weighted by atomic mass is 10.2. The molecule has 0 fully saturated rings. The van der Waals surface area contributed by atoms with Crippen molar-refractivity contribution in [1.29, 1.82) is 0 Å². The lowest BCUT2D eigenvalue weighted by Crippen LogP contribution is -1.88. The second-order valence-electron chi connectivity index (χ2n) is 3.31. The SMILES string of the molecule is CCCCc1cc2ccccn2n1. The molecule has 0 aliphatic carbocycles. The third-order valence-electron chi connectivity index (χ3n) is 2.21. The zero-order valence-electron chi connectivity index (χ0n) is 7.90. The zero-order chi connectivity index (χ0) is 9.10. The fraction of sp³-hybridized carbons (Fsp3) is 0.364. The van der Waals surface area contributed by atoms with Crippen molar-refractivity contribution in [3.8, 4) is 0 Å². The van der Waals surface area contributed by atoms with Crippen molar-refractivity contribution in [2.75, 3.05) is 0 Å². The highest BCUT2D eigenvalue weighted by Crippen LogP contribution is 2.08. The average molecular weight is 174 g/mol. The van der Waals surface area contributed by atoms with E-state index in [0.29, 0.717) is 0 Å². The highest BCUT2D eigenvalue weighted by molar-refractivity contribution is 5.46. The third kappa shape index (κ3) is 1.72. The second-order valence-corrected chi connectivity index (χ2v) is 3.31. The Kier molecular flexibility index (Phi) is 2.30. The lowest BCUT2D eigenvalue weighted by Gasteiger charge is -1.90. The van der Waals surface area contributed by atoms with Crippen molar-refractivity contribution < 1.29 is 0 Å². The van der Waals surface area contributed by atoms with Gasteiger partial charge in [-0.05, 0) is 31.0 Å². The van der Waals surface area contributed by atoms with Crippen molar-refractivity contribution in [3.63, 3.8) is 0 Å². The van der Waals surface area contributed by atoms with E-state index in [0.717, 1.165) is 6.42 Å². The van der Waals surface area contributed by atoms with Crippen molar-refractivity contribution in [3.05, 3.63) is 36.2 Å².